The zero-order chi connectivity index (χ0) is 25.0. The van der Waals surface area contributed by atoms with Crippen LogP contribution in [-0.2, 0) is 6.42 Å². The molecule has 1 amide bonds. The molecule has 0 atom stereocenters. The lowest BCUT2D eigenvalue weighted by molar-refractivity contribution is 0.0948. The van der Waals surface area contributed by atoms with Gasteiger partial charge in [-0.2, -0.15) is 5.10 Å². The first-order valence-corrected chi connectivity index (χ1v) is 13.9. The minimum absolute atomic E-state index is 0.00822. The molecule has 3 heterocycles. The maximum absolute atomic E-state index is 12.7. The molecule has 0 spiro atoms. The number of hydrogen-bond acceptors (Lipinski definition) is 5. The number of pyridine rings is 1. The molecule has 2 fully saturated rings. The highest BCUT2D eigenvalue weighted by molar-refractivity contribution is 7.99. The Kier molecular flexibility index (Phi) is 7.06. The smallest absolute Gasteiger partial charge is 0.252 e. The summed E-state index contributed by atoms with van der Waals surface area (Å²) < 4.78 is 0. The van der Waals surface area contributed by atoms with Crippen LogP contribution >= 0.6 is 11.8 Å². The maximum Gasteiger partial charge on any atom is 0.252 e. The quantitative estimate of drug-likeness (QED) is 0.298. The summed E-state index contributed by atoms with van der Waals surface area (Å²) in [7, 11) is 0. The van der Waals surface area contributed by atoms with Gasteiger partial charge in [0.15, 0.2) is 0 Å². The minimum atomic E-state index is 0.00822. The summed E-state index contributed by atoms with van der Waals surface area (Å²) in [5.74, 6) is 0.00822. The second kappa shape index (κ2) is 10.9. The Morgan fingerprint density at radius 2 is 1.95 bits per heavy atom. The molecule has 7 heteroatoms. The Hall–Kier alpha value is -3.42. The number of aromatic amines is 1. The highest BCUT2D eigenvalue weighted by Gasteiger charge is 2.25. The highest BCUT2D eigenvalue weighted by atomic mass is 32.2. The van der Waals surface area contributed by atoms with E-state index in [-0.39, 0.29) is 5.91 Å². The van der Waals surface area contributed by atoms with E-state index in [0.29, 0.717) is 6.04 Å². The number of hydrogen-bond donors (Lipinski definition) is 2. The zero-order valence-corrected chi connectivity index (χ0v) is 21.6. The number of carbonyl (C=O) groups is 1. The van der Waals surface area contributed by atoms with E-state index in [4.69, 9.17) is 0 Å². The number of nitrogens with zero attached hydrogens (tertiary/aromatic N) is 3. The first-order chi connectivity index (χ1) is 18.2. The van der Waals surface area contributed by atoms with Crippen LogP contribution in [0.2, 0.25) is 0 Å². The number of amides is 1. The molecule has 0 radical (unpaired) electrons. The summed E-state index contributed by atoms with van der Waals surface area (Å²) in [4.78, 5) is 21.8. The molecule has 2 aromatic carbocycles. The van der Waals surface area contributed by atoms with Crippen molar-refractivity contribution < 1.29 is 4.79 Å². The van der Waals surface area contributed by atoms with E-state index in [1.165, 1.54) is 31.5 Å². The third-order valence-corrected chi connectivity index (χ3v) is 8.08. The van der Waals surface area contributed by atoms with E-state index >= 15 is 0 Å². The Morgan fingerprint density at radius 3 is 2.76 bits per heavy atom. The first-order valence-electron chi connectivity index (χ1n) is 13.1. The molecule has 6 nitrogen and oxygen atoms in total. The van der Waals surface area contributed by atoms with Crippen LogP contribution in [-0.4, -0.2) is 51.7 Å². The van der Waals surface area contributed by atoms with Gasteiger partial charge in [0.05, 0.1) is 22.5 Å². The Morgan fingerprint density at radius 1 is 1.08 bits per heavy atom. The summed E-state index contributed by atoms with van der Waals surface area (Å²) in [5, 5.41) is 11.8. The summed E-state index contributed by atoms with van der Waals surface area (Å²) in [6.45, 7) is 3.59. The predicted octanol–water partition coefficient (Wildman–Crippen LogP) is 5.81. The fraction of sp³-hybridized carbons (Fsp3) is 0.300. The van der Waals surface area contributed by atoms with Crippen LogP contribution in [0.3, 0.4) is 0 Å². The summed E-state index contributed by atoms with van der Waals surface area (Å²) >= 11 is 1.60. The van der Waals surface area contributed by atoms with E-state index < -0.39 is 0 Å². The lowest BCUT2D eigenvalue weighted by Crippen LogP contribution is -2.25. The Balaban J connectivity index is 1.12. The van der Waals surface area contributed by atoms with Gasteiger partial charge in [-0.25, -0.2) is 0 Å². The average Bonchev–Trinajstić information content (AvgIpc) is 3.41. The molecule has 2 aliphatic rings. The molecule has 37 heavy (non-hydrogen) atoms. The Bertz CT molecular complexity index is 1420. The topological polar surface area (TPSA) is 73.9 Å². The van der Waals surface area contributed by atoms with Gasteiger partial charge >= 0.3 is 0 Å². The maximum atomic E-state index is 12.7. The number of fused-ring (bicyclic) bond motifs is 1. The third-order valence-electron chi connectivity index (χ3n) is 7.01. The van der Waals surface area contributed by atoms with E-state index in [9.17, 15) is 4.79 Å². The molecule has 2 aromatic heterocycles. The largest absolute Gasteiger partial charge is 0.349 e. The predicted molar refractivity (Wildman–Crippen MR) is 150 cm³/mol. The van der Waals surface area contributed by atoms with Crippen LogP contribution in [0.15, 0.2) is 70.6 Å². The van der Waals surface area contributed by atoms with E-state index in [2.05, 4.69) is 55.7 Å². The van der Waals surface area contributed by atoms with E-state index in [0.717, 1.165) is 63.5 Å². The van der Waals surface area contributed by atoms with Gasteiger partial charge in [0.25, 0.3) is 5.91 Å². The van der Waals surface area contributed by atoms with E-state index in [1.54, 1.807) is 11.8 Å². The van der Waals surface area contributed by atoms with Crippen molar-refractivity contribution in [2.24, 2.45) is 0 Å². The highest BCUT2D eigenvalue weighted by Crippen LogP contribution is 2.33. The Labute approximate surface area is 221 Å². The molecular weight excluding hydrogens is 478 g/mol. The van der Waals surface area contributed by atoms with Gasteiger partial charge < -0.3 is 10.2 Å². The zero-order valence-electron chi connectivity index (χ0n) is 20.8. The fourth-order valence-electron chi connectivity index (χ4n) is 4.71. The molecule has 1 aliphatic heterocycles. The summed E-state index contributed by atoms with van der Waals surface area (Å²) in [5.41, 5.74) is 4.79. The van der Waals surface area contributed by atoms with Crippen molar-refractivity contribution in [2.75, 3.05) is 19.6 Å². The standard InChI is InChI=1S/C30H31N5OS/c36-30(32-23-9-10-23)26-5-1-2-6-29(26)37-24-12-13-25-27(33-34-28(25)19-24)14-11-22-8-7-21(20-31-22)15-18-35-16-3-4-17-35/h1-2,5-8,11-14,19-20,23H,3-4,9-10,15-18H2,(H,32,36)(H,33,34)/b14-11+. The summed E-state index contributed by atoms with van der Waals surface area (Å²) in [6, 6.07) is 18.6. The lowest BCUT2D eigenvalue weighted by atomic mass is 10.1. The number of likely N-dealkylation sites (tertiary alicyclic amines) is 1. The molecule has 1 saturated heterocycles. The van der Waals surface area contributed by atoms with Gasteiger partial charge in [-0.3, -0.25) is 14.9 Å². The van der Waals surface area contributed by atoms with Crippen molar-refractivity contribution in [3.05, 3.63) is 83.3 Å². The molecule has 188 valence electrons. The molecule has 4 aromatic rings. The molecule has 1 aliphatic carbocycles. The SMILES string of the molecule is O=C(NC1CC1)c1ccccc1Sc1ccc2c(/C=C/c3ccc(CCN4CCCC4)cn3)n[nH]c2c1. The van der Waals surface area contributed by atoms with Gasteiger partial charge in [-0.05, 0) is 99.3 Å². The van der Waals surface area contributed by atoms with Gasteiger partial charge in [0, 0.05) is 34.0 Å². The second-order valence-electron chi connectivity index (χ2n) is 9.89. The van der Waals surface area contributed by atoms with Crippen molar-refractivity contribution in [2.45, 2.75) is 47.9 Å². The third kappa shape index (κ3) is 5.95. The van der Waals surface area contributed by atoms with Crippen LogP contribution in [0.5, 0.6) is 0 Å². The number of aromatic nitrogens is 3. The molecular formula is C30H31N5OS. The normalized spacial score (nSPS) is 16.1. The van der Waals surface area contributed by atoms with Crippen LogP contribution in [0, 0.1) is 0 Å². The lowest BCUT2D eigenvalue weighted by Gasteiger charge is -2.13. The van der Waals surface area contributed by atoms with Crippen molar-refractivity contribution in [3.63, 3.8) is 0 Å². The van der Waals surface area contributed by atoms with Crippen LogP contribution in [0.25, 0.3) is 23.1 Å². The second-order valence-corrected chi connectivity index (χ2v) is 11.0. The first kappa shape index (κ1) is 23.9. The number of benzene rings is 2. The molecule has 2 N–H and O–H groups in total. The fourth-order valence-corrected chi connectivity index (χ4v) is 5.70. The van der Waals surface area contributed by atoms with Crippen LogP contribution in [0.1, 0.15) is 53.0 Å². The van der Waals surface area contributed by atoms with Crippen LogP contribution in [0.4, 0.5) is 0 Å². The van der Waals surface area contributed by atoms with Gasteiger partial charge in [0.1, 0.15) is 0 Å². The molecule has 0 unspecified atom stereocenters. The van der Waals surface area contributed by atoms with E-state index in [1.807, 2.05) is 42.6 Å². The average molecular weight is 510 g/mol. The molecule has 0 bridgehead atoms. The number of rotatable bonds is 9. The number of carbonyl (C=O) groups excluding carboxylic acids is 1. The number of H-pyrrole nitrogens is 1. The monoisotopic (exact) mass is 509 g/mol. The van der Waals surface area contributed by atoms with Crippen molar-refractivity contribution in [1.82, 2.24) is 25.4 Å². The molecule has 1 saturated carbocycles. The van der Waals surface area contributed by atoms with Crippen molar-refractivity contribution in [3.8, 4) is 0 Å². The van der Waals surface area contributed by atoms with Crippen molar-refractivity contribution in [1.29, 1.82) is 0 Å². The summed E-state index contributed by atoms with van der Waals surface area (Å²) in [6.07, 6.45) is 11.9. The minimum Gasteiger partial charge on any atom is -0.349 e. The van der Waals surface area contributed by atoms with Gasteiger partial charge in [0.2, 0.25) is 0 Å². The van der Waals surface area contributed by atoms with Gasteiger partial charge in [-0.15, -0.1) is 0 Å². The molecule has 6 rings (SSSR count). The van der Waals surface area contributed by atoms with Crippen LogP contribution < -0.4 is 5.32 Å². The number of nitrogens with one attached hydrogen (secondary N) is 2. The van der Waals surface area contributed by atoms with Gasteiger partial charge in [-0.1, -0.05) is 30.0 Å². The van der Waals surface area contributed by atoms with Crippen molar-refractivity contribution >= 4 is 40.7 Å².